The van der Waals surface area contributed by atoms with Crippen molar-refractivity contribution in [2.45, 2.75) is 38.4 Å². The maximum absolute atomic E-state index is 12.7. The Labute approximate surface area is 194 Å². The van der Waals surface area contributed by atoms with Crippen molar-refractivity contribution in [3.63, 3.8) is 0 Å². The third kappa shape index (κ3) is 4.79. The lowest BCUT2D eigenvalue weighted by atomic mass is 9.92. The van der Waals surface area contributed by atoms with Gasteiger partial charge in [-0.15, -0.1) is 0 Å². The van der Waals surface area contributed by atoms with E-state index >= 15 is 0 Å². The molecule has 1 aromatic carbocycles. The number of hydrogen-bond donors (Lipinski definition) is 0. The van der Waals surface area contributed by atoms with Crippen LogP contribution < -0.4 is 0 Å². The fourth-order valence-corrected chi connectivity index (χ4v) is 5.84. The maximum atomic E-state index is 12.7. The lowest BCUT2D eigenvalue weighted by molar-refractivity contribution is -0.128. The molecule has 5 rings (SSSR count). The molecule has 3 amide bonds. The van der Waals surface area contributed by atoms with Crippen LogP contribution in [-0.2, 0) is 27.7 Å². The Bertz CT molecular complexity index is 1150. The number of urea groups is 1. The summed E-state index contributed by atoms with van der Waals surface area (Å²) >= 11 is 0. The zero-order valence-corrected chi connectivity index (χ0v) is 19.3. The molecule has 3 fully saturated rings. The number of carbonyl (C=O) groups excluding carboxylic acids is 2. The summed E-state index contributed by atoms with van der Waals surface area (Å²) in [5.74, 6) is 0.323. The molecule has 2 aromatic rings. The molecular weight excluding hydrogens is 440 g/mol. The minimum absolute atomic E-state index is 0.0880. The highest BCUT2D eigenvalue weighted by molar-refractivity contribution is 7.91. The summed E-state index contributed by atoms with van der Waals surface area (Å²) in [4.78, 5) is 34.9. The number of amides is 3. The lowest BCUT2D eigenvalue weighted by Gasteiger charge is -2.32. The van der Waals surface area contributed by atoms with E-state index in [1.807, 2.05) is 42.5 Å². The van der Waals surface area contributed by atoms with Crippen molar-refractivity contribution in [1.29, 1.82) is 0 Å². The molecule has 174 valence electrons. The first kappa shape index (κ1) is 22.0. The van der Waals surface area contributed by atoms with E-state index in [0.29, 0.717) is 26.2 Å². The summed E-state index contributed by atoms with van der Waals surface area (Å²) < 4.78 is 23.3. The van der Waals surface area contributed by atoms with Crippen molar-refractivity contribution in [3.8, 4) is 11.3 Å². The summed E-state index contributed by atoms with van der Waals surface area (Å²) in [7, 11) is -2.89. The van der Waals surface area contributed by atoms with Gasteiger partial charge in [0.2, 0.25) is 0 Å². The molecule has 0 atom stereocenters. The van der Waals surface area contributed by atoms with E-state index in [-0.39, 0.29) is 36.0 Å². The van der Waals surface area contributed by atoms with Gasteiger partial charge in [-0.25, -0.2) is 13.2 Å². The van der Waals surface area contributed by atoms with Crippen LogP contribution in [0.1, 0.15) is 30.5 Å². The number of aromatic nitrogens is 1. The largest absolute Gasteiger partial charge is 0.327 e. The topological polar surface area (TPSA) is 90.9 Å². The van der Waals surface area contributed by atoms with Gasteiger partial charge in [-0.2, -0.15) is 0 Å². The number of nitrogens with zero attached hydrogens (tertiary/aromatic N) is 4. The van der Waals surface area contributed by atoms with Crippen LogP contribution in [0.5, 0.6) is 0 Å². The molecule has 2 aliphatic heterocycles. The van der Waals surface area contributed by atoms with Crippen molar-refractivity contribution in [2.24, 2.45) is 0 Å². The van der Waals surface area contributed by atoms with Crippen LogP contribution in [0.4, 0.5) is 4.79 Å². The molecule has 8 nitrogen and oxygen atoms in total. The Hall–Kier alpha value is -2.78. The highest BCUT2D eigenvalue weighted by atomic mass is 32.2. The lowest BCUT2D eigenvalue weighted by Crippen LogP contribution is -2.44. The molecule has 1 aliphatic carbocycles. The van der Waals surface area contributed by atoms with Crippen molar-refractivity contribution < 1.29 is 18.0 Å². The summed E-state index contributed by atoms with van der Waals surface area (Å²) in [6, 6.07) is 13.7. The predicted molar refractivity (Wildman–Crippen MR) is 124 cm³/mol. The van der Waals surface area contributed by atoms with Gasteiger partial charge >= 0.3 is 6.03 Å². The van der Waals surface area contributed by atoms with Gasteiger partial charge in [0.15, 0.2) is 9.84 Å². The van der Waals surface area contributed by atoms with Crippen LogP contribution >= 0.6 is 0 Å². The van der Waals surface area contributed by atoms with Crippen molar-refractivity contribution >= 4 is 21.8 Å². The molecule has 0 radical (unpaired) electrons. The summed E-state index contributed by atoms with van der Waals surface area (Å²) in [6.45, 7) is 2.28. The van der Waals surface area contributed by atoms with Crippen molar-refractivity contribution in [2.75, 3.05) is 31.1 Å². The first-order valence-electron chi connectivity index (χ1n) is 11.5. The van der Waals surface area contributed by atoms with Crippen LogP contribution in [-0.4, -0.2) is 77.2 Å². The Morgan fingerprint density at radius 1 is 0.939 bits per heavy atom. The van der Waals surface area contributed by atoms with Gasteiger partial charge in [0.05, 0.1) is 22.9 Å². The second kappa shape index (κ2) is 8.87. The van der Waals surface area contributed by atoms with Crippen LogP contribution in [0.2, 0.25) is 0 Å². The van der Waals surface area contributed by atoms with Crippen LogP contribution in [0.3, 0.4) is 0 Å². The summed E-state index contributed by atoms with van der Waals surface area (Å²) in [5, 5.41) is 0. The molecule has 33 heavy (non-hydrogen) atoms. The quantitative estimate of drug-likeness (QED) is 0.605. The van der Waals surface area contributed by atoms with Crippen molar-refractivity contribution in [3.05, 3.63) is 53.7 Å². The summed E-state index contributed by atoms with van der Waals surface area (Å²) in [5.41, 5.74) is 3.71. The molecule has 1 saturated carbocycles. The van der Waals surface area contributed by atoms with Crippen LogP contribution in [0.25, 0.3) is 11.3 Å². The van der Waals surface area contributed by atoms with Crippen LogP contribution in [0.15, 0.2) is 42.5 Å². The van der Waals surface area contributed by atoms with Gasteiger partial charge in [0.25, 0.3) is 5.91 Å². The highest BCUT2D eigenvalue weighted by Crippen LogP contribution is 2.29. The molecule has 3 aliphatic rings. The molecule has 0 unspecified atom stereocenters. The first-order valence-corrected chi connectivity index (χ1v) is 13.3. The smallest absolute Gasteiger partial charge is 0.311 e. The predicted octanol–water partition coefficient (Wildman–Crippen LogP) is 2.30. The van der Waals surface area contributed by atoms with Gasteiger partial charge in [0, 0.05) is 37.8 Å². The van der Waals surface area contributed by atoms with E-state index in [2.05, 4.69) is 4.90 Å². The third-order valence-corrected chi connectivity index (χ3v) is 8.37. The minimum Gasteiger partial charge on any atom is -0.311 e. The third-order valence-electron chi connectivity index (χ3n) is 6.76. The number of hydrogen-bond acceptors (Lipinski definition) is 6. The monoisotopic (exact) mass is 468 g/mol. The van der Waals surface area contributed by atoms with Crippen LogP contribution in [0, 0.1) is 0 Å². The molecule has 3 heterocycles. The second-order valence-electron chi connectivity index (χ2n) is 9.13. The molecule has 9 heteroatoms. The van der Waals surface area contributed by atoms with Gasteiger partial charge in [-0.05, 0) is 37.0 Å². The standard InChI is InChI=1S/C24H28N4O4S/c29-23-17-27(24(30)28(23)21-4-2-5-21)15-18-7-9-19(10-8-18)22-6-1-3-20(25-22)16-26-11-13-33(31,32)14-12-26/h1,3,6-10,21H,2,4-5,11-17H2. The van der Waals surface area contributed by atoms with Gasteiger partial charge in [0.1, 0.15) is 6.54 Å². The van der Waals surface area contributed by atoms with E-state index in [4.69, 9.17) is 4.98 Å². The maximum Gasteiger partial charge on any atom is 0.327 e. The average molecular weight is 469 g/mol. The zero-order valence-electron chi connectivity index (χ0n) is 18.5. The van der Waals surface area contributed by atoms with Gasteiger partial charge in [-0.3, -0.25) is 19.6 Å². The summed E-state index contributed by atoms with van der Waals surface area (Å²) in [6.07, 6.45) is 2.92. The van der Waals surface area contributed by atoms with E-state index in [0.717, 1.165) is 41.8 Å². The van der Waals surface area contributed by atoms with E-state index < -0.39 is 9.84 Å². The van der Waals surface area contributed by atoms with Gasteiger partial charge < -0.3 is 4.90 Å². The first-order chi connectivity index (χ1) is 15.9. The molecule has 0 N–H and O–H groups in total. The molecular formula is C24H28N4O4S. The van der Waals surface area contributed by atoms with Crippen molar-refractivity contribution in [1.82, 2.24) is 19.7 Å². The number of imide groups is 1. The second-order valence-corrected chi connectivity index (χ2v) is 11.4. The molecule has 2 saturated heterocycles. The number of carbonyl (C=O) groups is 2. The number of pyridine rings is 1. The van der Waals surface area contributed by atoms with E-state index in [9.17, 15) is 18.0 Å². The fourth-order valence-electron chi connectivity index (χ4n) is 4.56. The Morgan fingerprint density at radius 3 is 2.33 bits per heavy atom. The van der Waals surface area contributed by atoms with E-state index in [1.165, 1.54) is 4.90 Å². The minimum atomic E-state index is -2.89. The SMILES string of the molecule is O=C1CN(Cc2ccc(-c3cccc(CN4CCS(=O)(=O)CC4)n3)cc2)C(=O)N1C1CCC1. The number of sulfone groups is 1. The molecule has 0 spiro atoms. The van der Waals surface area contributed by atoms with Gasteiger partial charge in [-0.1, -0.05) is 30.3 Å². The zero-order chi connectivity index (χ0) is 23.0. The fraction of sp³-hybridized carbons (Fsp3) is 0.458. The molecule has 1 aromatic heterocycles. The normalized spacial score (nSPS) is 21.5. The molecule has 0 bridgehead atoms. The average Bonchev–Trinajstić information content (AvgIpc) is 3.03. The Morgan fingerprint density at radius 2 is 1.67 bits per heavy atom. The Balaban J connectivity index is 1.22. The highest BCUT2D eigenvalue weighted by Gasteiger charge is 2.42. The Kier molecular flexibility index (Phi) is 5.92. The number of rotatable bonds is 6. The van der Waals surface area contributed by atoms with E-state index in [1.54, 1.807) is 4.90 Å². The number of benzene rings is 1.